The van der Waals surface area contributed by atoms with Gasteiger partial charge in [-0.25, -0.2) is 0 Å². The number of rotatable bonds is 6. The molecule has 0 amide bonds. The number of ether oxygens (including phenoxy) is 3. The van der Waals surface area contributed by atoms with Crippen LogP contribution in [-0.2, 0) is 16.1 Å². The average molecular weight is 264 g/mol. The maximum atomic E-state index is 8.74. The summed E-state index contributed by atoms with van der Waals surface area (Å²) in [5.41, 5.74) is 1.75. The third-order valence-corrected chi connectivity index (χ3v) is 2.50. The van der Waals surface area contributed by atoms with Crippen molar-refractivity contribution in [1.29, 1.82) is 0 Å². The molecule has 0 spiro atoms. The zero-order valence-corrected chi connectivity index (χ0v) is 11.6. The number of hydrogen-bond donors (Lipinski definition) is 1. The van der Waals surface area contributed by atoms with Gasteiger partial charge in [-0.05, 0) is 24.6 Å². The molecular weight excluding hydrogens is 244 g/mol. The van der Waals surface area contributed by atoms with Gasteiger partial charge in [-0.1, -0.05) is 17.9 Å². The third kappa shape index (κ3) is 5.31. The standard InChI is InChI=1S/C15H20O4/c1-12(10-17-2)19-11-13-6-7-15(18-3)14(9-13)5-4-8-16/h6-7,9,12,16H,8,10-11H2,1-3H3. The Kier molecular flexibility index (Phi) is 6.98. The molecule has 4 nitrogen and oxygen atoms in total. The van der Waals surface area contributed by atoms with Crippen LogP contribution in [0.25, 0.3) is 0 Å². The molecule has 0 fully saturated rings. The Hall–Kier alpha value is -1.54. The third-order valence-electron chi connectivity index (χ3n) is 2.50. The fourth-order valence-electron chi connectivity index (χ4n) is 1.60. The molecule has 4 heteroatoms. The number of aliphatic hydroxyl groups is 1. The molecular formula is C15H20O4. The van der Waals surface area contributed by atoms with Crippen molar-refractivity contribution in [1.82, 2.24) is 0 Å². The largest absolute Gasteiger partial charge is 0.495 e. The van der Waals surface area contributed by atoms with Crippen LogP contribution in [-0.4, -0.2) is 38.6 Å². The molecule has 1 atom stereocenters. The Balaban J connectivity index is 2.74. The van der Waals surface area contributed by atoms with Gasteiger partial charge in [0.25, 0.3) is 0 Å². The van der Waals surface area contributed by atoms with Crippen molar-refractivity contribution in [3.05, 3.63) is 29.3 Å². The van der Waals surface area contributed by atoms with Crippen LogP contribution in [0.15, 0.2) is 18.2 Å². The zero-order chi connectivity index (χ0) is 14.1. The molecule has 0 aliphatic carbocycles. The quantitative estimate of drug-likeness (QED) is 0.793. The van der Waals surface area contributed by atoms with Crippen LogP contribution in [0.4, 0.5) is 0 Å². The van der Waals surface area contributed by atoms with E-state index in [1.807, 2.05) is 25.1 Å². The first kappa shape index (κ1) is 15.5. The van der Waals surface area contributed by atoms with E-state index in [2.05, 4.69) is 11.8 Å². The normalized spacial score (nSPS) is 11.6. The minimum atomic E-state index is -0.172. The molecule has 0 saturated heterocycles. The Bertz CT molecular complexity index is 445. The van der Waals surface area contributed by atoms with Gasteiger partial charge in [-0.3, -0.25) is 0 Å². The first-order chi connectivity index (χ1) is 9.21. The Morgan fingerprint density at radius 1 is 1.32 bits per heavy atom. The summed E-state index contributed by atoms with van der Waals surface area (Å²) in [6.07, 6.45) is 0.0408. The SMILES string of the molecule is COCC(C)OCc1ccc(OC)c(C#CCO)c1. The van der Waals surface area contributed by atoms with Gasteiger partial charge in [0.15, 0.2) is 0 Å². The van der Waals surface area contributed by atoms with Crippen molar-refractivity contribution in [3.8, 4) is 17.6 Å². The predicted octanol–water partition coefficient (Wildman–Crippen LogP) is 1.59. The highest BCUT2D eigenvalue weighted by Gasteiger charge is 2.05. The van der Waals surface area contributed by atoms with Gasteiger partial charge in [-0.15, -0.1) is 0 Å². The van der Waals surface area contributed by atoms with Crippen LogP contribution < -0.4 is 4.74 Å². The lowest BCUT2D eigenvalue weighted by molar-refractivity contribution is -0.000141. The summed E-state index contributed by atoms with van der Waals surface area (Å²) in [5.74, 6) is 6.17. The number of methoxy groups -OCH3 is 2. The Labute approximate surface area is 114 Å². The topological polar surface area (TPSA) is 47.9 Å². The van der Waals surface area contributed by atoms with Crippen LogP contribution >= 0.6 is 0 Å². The van der Waals surface area contributed by atoms with Crippen molar-refractivity contribution < 1.29 is 19.3 Å². The van der Waals surface area contributed by atoms with E-state index < -0.39 is 0 Å². The second-order valence-corrected chi connectivity index (χ2v) is 4.07. The van der Waals surface area contributed by atoms with Gasteiger partial charge in [-0.2, -0.15) is 0 Å². The molecule has 1 N–H and O–H groups in total. The van der Waals surface area contributed by atoms with Crippen molar-refractivity contribution in [2.75, 3.05) is 27.4 Å². The first-order valence-corrected chi connectivity index (χ1v) is 6.08. The summed E-state index contributed by atoms with van der Waals surface area (Å²) in [7, 11) is 3.24. The molecule has 1 aromatic carbocycles. The second-order valence-electron chi connectivity index (χ2n) is 4.07. The first-order valence-electron chi connectivity index (χ1n) is 6.08. The van der Waals surface area contributed by atoms with Crippen LogP contribution in [0.1, 0.15) is 18.1 Å². The molecule has 19 heavy (non-hydrogen) atoms. The van der Waals surface area contributed by atoms with E-state index in [9.17, 15) is 0 Å². The average Bonchev–Trinajstić information content (AvgIpc) is 2.43. The predicted molar refractivity (Wildman–Crippen MR) is 73.1 cm³/mol. The fourth-order valence-corrected chi connectivity index (χ4v) is 1.60. The summed E-state index contributed by atoms with van der Waals surface area (Å²) in [6, 6.07) is 5.69. The molecule has 0 radical (unpaired) electrons. The van der Waals surface area contributed by atoms with E-state index in [0.717, 1.165) is 11.1 Å². The number of aliphatic hydroxyl groups excluding tert-OH is 1. The molecule has 0 heterocycles. The highest BCUT2D eigenvalue weighted by Crippen LogP contribution is 2.19. The molecule has 0 aromatic heterocycles. The molecule has 1 unspecified atom stereocenters. The number of hydrogen-bond acceptors (Lipinski definition) is 4. The molecule has 1 aromatic rings. The van der Waals surface area contributed by atoms with E-state index in [4.69, 9.17) is 19.3 Å². The molecule has 1 rings (SSSR count). The minimum Gasteiger partial charge on any atom is -0.495 e. The van der Waals surface area contributed by atoms with Gasteiger partial charge < -0.3 is 19.3 Å². The molecule has 0 saturated carbocycles. The summed E-state index contributed by atoms with van der Waals surface area (Å²) >= 11 is 0. The van der Waals surface area contributed by atoms with Gasteiger partial charge in [0.1, 0.15) is 12.4 Å². The van der Waals surface area contributed by atoms with E-state index in [1.165, 1.54) is 0 Å². The Morgan fingerprint density at radius 3 is 2.74 bits per heavy atom. The lowest BCUT2D eigenvalue weighted by Gasteiger charge is -2.12. The molecule has 0 aliphatic rings. The van der Waals surface area contributed by atoms with E-state index in [-0.39, 0.29) is 12.7 Å². The maximum Gasteiger partial charge on any atom is 0.134 e. The van der Waals surface area contributed by atoms with Crippen molar-refractivity contribution >= 4 is 0 Å². The highest BCUT2D eigenvalue weighted by atomic mass is 16.5. The van der Waals surface area contributed by atoms with Gasteiger partial charge in [0.05, 0.1) is 32.0 Å². The zero-order valence-electron chi connectivity index (χ0n) is 11.6. The fraction of sp³-hybridized carbons (Fsp3) is 0.467. The van der Waals surface area contributed by atoms with Crippen molar-refractivity contribution in [3.63, 3.8) is 0 Å². The van der Waals surface area contributed by atoms with Crippen LogP contribution in [0.5, 0.6) is 5.75 Å². The van der Waals surface area contributed by atoms with E-state index in [0.29, 0.717) is 19.0 Å². The lowest BCUT2D eigenvalue weighted by Crippen LogP contribution is -2.14. The molecule has 0 aliphatic heterocycles. The van der Waals surface area contributed by atoms with Crippen LogP contribution in [0.2, 0.25) is 0 Å². The molecule has 0 bridgehead atoms. The lowest BCUT2D eigenvalue weighted by atomic mass is 10.1. The van der Waals surface area contributed by atoms with E-state index in [1.54, 1.807) is 14.2 Å². The smallest absolute Gasteiger partial charge is 0.134 e. The summed E-state index contributed by atoms with van der Waals surface area (Å²) < 4.78 is 15.9. The summed E-state index contributed by atoms with van der Waals surface area (Å²) in [6.45, 7) is 2.84. The van der Waals surface area contributed by atoms with Gasteiger partial charge in [0, 0.05) is 7.11 Å². The van der Waals surface area contributed by atoms with E-state index >= 15 is 0 Å². The maximum absolute atomic E-state index is 8.74. The minimum absolute atomic E-state index is 0.0408. The monoisotopic (exact) mass is 264 g/mol. The van der Waals surface area contributed by atoms with Crippen molar-refractivity contribution in [2.45, 2.75) is 19.6 Å². The molecule has 104 valence electrons. The van der Waals surface area contributed by atoms with Gasteiger partial charge >= 0.3 is 0 Å². The Morgan fingerprint density at radius 2 is 2.11 bits per heavy atom. The number of benzene rings is 1. The summed E-state index contributed by atoms with van der Waals surface area (Å²) in [5, 5.41) is 8.74. The van der Waals surface area contributed by atoms with Gasteiger partial charge in [0.2, 0.25) is 0 Å². The second kappa shape index (κ2) is 8.54. The highest BCUT2D eigenvalue weighted by molar-refractivity contribution is 5.48. The van der Waals surface area contributed by atoms with Crippen molar-refractivity contribution in [2.24, 2.45) is 0 Å². The van der Waals surface area contributed by atoms with Crippen LogP contribution in [0.3, 0.4) is 0 Å². The summed E-state index contributed by atoms with van der Waals surface area (Å²) in [4.78, 5) is 0. The van der Waals surface area contributed by atoms with Crippen LogP contribution in [0, 0.1) is 11.8 Å².